The molecule has 6 heteroatoms. The molecule has 11 atom stereocenters. The first-order chi connectivity index (χ1) is 22.2. The van der Waals surface area contributed by atoms with Crippen LogP contribution in [0.3, 0.4) is 0 Å². The Morgan fingerprint density at radius 1 is 0.936 bits per heavy atom. The van der Waals surface area contributed by atoms with E-state index in [9.17, 15) is 4.79 Å². The lowest BCUT2D eigenvalue weighted by molar-refractivity contribution is -0.0539. The fourth-order valence-electron chi connectivity index (χ4n) is 11.0. The lowest BCUT2D eigenvalue weighted by Crippen LogP contribution is -2.51. The van der Waals surface area contributed by atoms with Crippen molar-refractivity contribution in [3.05, 3.63) is 11.6 Å². The zero-order valence-electron chi connectivity index (χ0n) is 32.0. The van der Waals surface area contributed by atoms with Gasteiger partial charge in [-0.05, 0) is 152 Å². The summed E-state index contributed by atoms with van der Waals surface area (Å²) in [4.78, 5) is 15.7. The van der Waals surface area contributed by atoms with Gasteiger partial charge in [0.05, 0.1) is 0 Å². The van der Waals surface area contributed by atoms with E-state index in [0.29, 0.717) is 18.0 Å². The van der Waals surface area contributed by atoms with E-state index < -0.39 is 0 Å². The molecule has 0 aromatic rings. The van der Waals surface area contributed by atoms with Gasteiger partial charge in [-0.2, -0.15) is 0 Å². The fraction of sp³-hybridized carbons (Fsp3) is 0.927. The highest BCUT2D eigenvalue weighted by Crippen LogP contribution is 2.66. The first kappa shape index (κ1) is 38.7. The summed E-state index contributed by atoms with van der Waals surface area (Å²) in [5.74, 6) is 4.29. The van der Waals surface area contributed by atoms with Crippen molar-refractivity contribution in [1.82, 2.24) is 10.2 Å². The third-order valence-corrected chi connectivity index (χ3v) is 13.6. The van der Waals surface area contributed by atoms with Crippen LogP contribution >= 0.6 is 0 Å². The number of fused-ring (bicyclic) bond motifs is 5. The van der Waals surface area contributed by atoms with Crippen LogP contribution in [-0.4, -0.2) is 54.4 Å². The molecule has 6 nitrogen and oxygen atoms in total. The normalized spacial score (nSPS) is 34.4. The highest BCUT2D eigenvalue weighted by atomic mass is 16.6. The van der Waals surface area contributed by atoms with Crippen molar-refractivity contribution in [3.63, 3.8) is 0 Å². The molecule has 0 saturated heterocycles. The number of nitrogens with zero attached hydrogens (tertiary/aromatic N) is 1. The highest BCUT2D eigenvalue weighted by molar-refractivity contribution is 5.68. The number of carbonyl (C=O) groups is 1. The molecule has 3 saturated carbocycles. The summed E-state index contributed by atoms with van der Waals surface area (Å²) in [5.41, 5.74) is 14.6. The van der Waals surface area contributed by atoms with Crippen molar-refractivity contribution < 1.29 is 9.53 Å². The molecule has 11 unspecified atom stereocenters. The summed E-state index contributed by atoms with van der Waals surface area (Å²) < 4.78 is 6.36. The molecule has 0 spiro atoms. The molecule has 47 heavy (non-hydrogen) atoms. The van der Waals surface area contributed by atoms with E-state index in [2.05, 4.69) is 59.9 Å². The lowest BCUT2D eigenvalue weighted by atomic mass is 9.47. The van der Waals surface area contributed by atoms with Crippen molar-refractivity contribution in [3.8, 4) is 0 Å². The van der Waals surface area contributed by atoms with E-state index in [1.54, 1.807) is 5.57 Å². The summed E-state index contributed by atoms with van der Waals surface area (Å²) in [7, 11) is 0. The monoisotopic (exact) mass is 657 g/mol. The largest absolute Gasteiger partial charge is 0.446 e. The molecule has 4 aliphatic carbocycles. The van der Waals surface area contributed by atoms with Crippen LogP contribution in [0, 0.1) is 40.4 Å². The fourth-order valence-corrected chi connectivity index (χ4v) is 11.0. The molecule has 0 aromatic carbocycles. The van der Waals surface area contributed by atoms with Gasteiger partial charge in [-0.15, -0.1) is 0 Å². The van der Waals surface area contributed by atoms with Crippen molar-refractivity contribution in [2.45, 2.75) is 188 Å². The van der Waals surface area contributed by atoms with Crippen LogP contribution in [0.4, 0.5) is 4.79 Å². The molecule has 4 aliphatic rings. The van der Waals surface area contributed by atoms with Crippen molar-refractivity contribution >= 4 is 6.09 Å². The van der Waals surface area contributed by atoms with Gasteiger partial charge in [-0.3, -0.25) is 0 Å². The Morgan fingerprint density at radius 2 is 1.68 bits per heavy atom. The number of nitrogens with one attached hydrogen (secondary N) is 1. The SMILES string of the molecule is CC(C)CCCCC1CCC2C3CC=C4CC(OC(=O)N(CCCCNC(C)CC(C)N)C(C)CC(C)N)CCC4(C)C3CCC12C. The second-order valence-electron chi connectivity index (χ2n) is 18.0. The van der Waals surface area contributed by atoms with Gasteiger partial charge >= 0.3 is 6.09 Å². The van der Waals surface area contributed by atoms with Crippen molar-refractivity contribution in [1.29, 1.82) is 0 Å². The van der Waals surface area contributed by atoms with Gasteiger partial charge in [0.1, 0.15) is 6.10 Å². The maximum absolute atomic E-state index is 13.7. The average molecular weight is 657 g/mol. The molecule has 0 radical (unpaired) electrons. The Labute approximate surface area is 290 Å². The first-order valence-electron chi connectivity index (χ1n) is 20.2. The van der Waals surface area contributed by atoms with Gasteiger partial charge in [0.2, 0.25) is 0 Å². The Balaban J connectivity index is 1.32. The molecular formula is C41H76N4O2. The minimum atomic E-state index is -0.141. The third kappa shape index (κ3) is 9.78. The van der Waals surface area contributed by atoms with Crippen molar-refractivity contribution in [2.24, 2.45) is 51.9 Å². The van der Waals surface area contributed by atoms with Crippen LogP contribution in [0.15, 0.2) is 11.6 Å². The first-order valence-corrected chi connectivity index (χ1v) is 20.2. The van der Waals surface area contributed by atoms with E-state index in [0.717, 1.165) is 81.1 Å². The average Bonchev–Trinajstić information content (AvgIpc) is 3.32. The zero-order chi connectivity index (χ0) is 34.4. The third-order valence-electron chi connectivity index (χ3n) is 13.6. The summed E-state index contributed by atoms with van der Waals surface area (Å²) in [5, 5.41) is 3.58. The van der Waals surface area contributed by atoms with Crippen LogP contribution in [0.1, 0.15) is 158 Å². The molecule has 272 valence electrons. The number of nitrogens with two attached hydrogens (primary N) is 2. The second-order valence-corrected chi connectivity index (χ2v) is 18.0. The number of allylic oxidation sites excluding steroid dienone is 1. The van der Waals surface area contributed by atoms with E-state index in [4.69, 9.17) is 16.2 Å². The quantitative estimate of drug-likeness (QED) is 0.107. The van der Waals surface area contributed by atoms with Crippen LogP contribution in [0.25, 0.3) is 0 Å². The lowest BCUT2D eigenvalue weighted by Gasteiger charge is -2.58. The number of rotatable bonds is 17. The second kappa shape index (κ2) is 17.2. The highest BCUT2D eigenvalue weighted by Gasteiger charge is 2.58. The van der Waals surface area contributed by atoms with Crippen LogP contribution in [0.5, 0.6) is 0 Å². The molecule has 3 fully saturated rings. The summed E-state index contributed by atoms with van der Waals surface area (Å²) in [6.45, 7) is 20.1. The van der Waals surface area contributed by atoms with Gasteiger partial charge in [-0.25, -0.2) is 4.79 Å². The van der Waals surface area contributed by atoms with Crippen LogP contribution < -0.4 is 16.8 Å². The van der Waals surface area contributed by atoms with Gasteiger partial charge < -0.3 is 26.4 Å². The maximum atomic E-state index is 13.7. The maximum Gasteiger partial charge on any atom is 0.410 e. The number of ether oxygens (including phenoxy) is 1. The number of carbonyl (C=O) groups excluding carboxylic acids is 1. The topological polar surface area (TPSA) is 93.6 Å². The Kier molecular flexibility index (Phi) is 14.2. The van der Waals surface area contributed by atoms with Gasteiger partial charge in [-0.1, -0.05) is 58.6 Å². The molecule has 0 aromatic heterocycles. The Morgan fingerprint density at radius 3 is 2.38 bits per heavy atom. The van der Waals surface area contributed by atoms with Crippen molar-refractivity contribution in [2.75, 3.05) is 13.1 Å². The van der Waals surface area contributed by atoms with E-state index in [1.165, 1.54) is 57.8 Å². The number of hydrogen-bond acceptors (Lipinski definition) is 5. The van der Waals surface area contributed by atoms with Gasteiger partial charge in [0, 0.05) is 37.1 Å². The van der Waals surface area contributed by atoms with Crippen LogP contribution in [0.2, 0.25) is 0 Å². The predicted molar refractivity (Wildman–Crippen MR) is 198 cm³/mol. The van der Waals surface area contributed by atoms with E-state index in [-0.39, 0.29) is 35.7 Å². The Bertz CT molecular complexity index is 1010. The summed E-state index contributed by atoms with van der Waals surface area (Å²) in [6.07, 6.45) is 21.9. The van der Waals surface area contributed by atoms with Crippen LogP contribution in [-0.2, 0) is 4.74 Å². The molecule has 0 bridgehead atoms. The number of hydrogen-bond donors (Lipinski definition) is 3. The summed E-state index contributed by atoms with van der Waals surface area (Å²) >= 11 is 0. The molecule has 0 heterocycles. The minimum absolute atomic E-state index is 0.0142. The number of amides is 1. The summed E-state index contributed by atoms with van der Waals surface area (Å²) in [6, 6.07) is 0.733. The molecular weight excluding hydrogens is 580 g/mol. The minimum Gasteiger partial charge on any atom is -0.446 e. The number of unbranched alkanes of at least 4 members (excludes halogenated alkanes) is 2. The smallest absolute Gasteiger partial charge is 0.410 e. The molecule has 0 aliphatic heterocycles. The molecule has 5 N–H and O–H groups in total. The van der Waals surface area contributed by atoms with E-state index >= 15 is 0 Å². The van der Waals surface area contributed by atoms with Gasteiger partial charge in [0.25, 0.3) is 0 Å². The molecule has 4 rings (SSSR count). The Hall–Kier alpha value is -1.11. The standard InChI is InChI=1S/C41H76N4O2/c1-28(2)13-9-10-14-33-16-18-37-36-17-15-34-27-35(19-21-41(34,8)38(36)20-22-40(33,37)7)47-39(46)45(32(6)26-30(4)43)24-12-11-23-44-31(5)25-29(3)42/h15,28-33,35-38,44H,9-14,16-27,42-43H2,1-8H3. The van der Waals surface area contributed by atoms with E-state index in [1.807, 2.05) is 11.8 Å². The molecule has 1 amide bonds. The zero-order valence-corrected chi connectivity index (χ0v) is 32.0. The predicted octanol–water partition coefficient (Wildman–Crippen LogP) is 9.21. The van der Waals surface area contributed by atoms with Gasteiger partial charge in [0.15, 0.2) is 0 Å².